The lowest BCUT2D eigenvalue weighted by Crippen LogP contribution is -2.27. The van der Waals surface area contributed by atoms with E-state index in [9.17, 15) is 24.3 Å². The largest absolute Gasteiger partial charge is 0.507 e. The average Bonchev–Trinajstić information content (AvgIpc) is 2.84. The van der Waals surface area contributed by atoms with Crippen LogP contribution >= 0.6 is 0 Å². The highest BCUT2D eigenvalue weighted by Crippen LogP contribution is 2.31. The molecule has 2 aromatic rings. The van der Waals surface area contributed by atoms with Crippen molar-refractivity contribution in [3.63, 3.8) is 0 Å². The molecule has 186 valence electrons. The molecule has 0 aliphatic carbocycles. The Kier molecular flexibility index (Phi) is 8.94. The van der Waals surface area contributed by atoms with Crippen LogP contribution in [0.4, 0.5) is 5.82 Å². The molecule has 1 aromatic heterocycles. The molecule has 2 atom stereocenters. The fourth-order valence-corrected chi connectivity index (χ4v) is 3.75. The Bertz CT molecular complexity index is 1080. The molecular formula is C26H30N2O7. The number of nitrogens with zero attached hydrogens (tertiary/aromatic N) is 1. The highest BCUT2D eigenvalue weighted by molar-refractivity contribution is 6.63. The number of benzene rings is 1. The quantitative estimate of drug-likeness (QED) is 0.374. The van der Waals surface area contributed by atoms with Gasteiger partial charge in [0.05, 0.1) is 6.54 Å². The summed E-state index contributed by atoms with van der Waals surface area (Å²) in [5.41, 5.74) is 0.445. The van der Waals surface area contributed by atoms with Gasteiger partial charge in [0, 0.05) is 25.1 Å². The molecule has 1 aliphatic rings. The third-order valence-corrected chi connectivity index (χ3v) is 6.00. The number of aromatic hydroxyl groups is 1. The number of phenolic OH excluding ortho intramolecular Hbond substituents is 1. The summed E-state index contributed by atoms with van der Waals surface area (Å²) < 4.78 is 11.3. The van der Waals surface area contributed by atoms with Crippen LogP contribution < -0.4 is 10.1 Å². The number of nitrogens with one attached hydrogen (secondary N) is 1. The van der Waals surface area contributed by atoms with Gasteiger partial charge in [-0.3, -0.25) is 14.4 Å². The SMILES string of the molecule is C[C@@H]1OC(=O)c2c(O)cc(OCCNc3ccccn3)cc2CCCC(=O)C(=O)C(=O)CC[C@@H]1C. The van der Waals surface area contributed by atoms with Gasteiger partial charge in [0.25, 0.3) is 5.78 Å². The van der Waals surface area contributed by atoms with Gasteiger partial charge in [0.2, 0.25) is 11.6 Å². The van der Waals surface area contributed by atoms with Gasteiger partial charge in [-0.2, -0.15) is 0 Å². The predicted octanol–water partition coefficient (Wildman–Crippen LogP) is 3.28. The number of ether oxygens (including phenoxy) is 2. The Morgan fingerprint density at radius 1 is 1.09 bits per heavy atom. The molecule has 0 bridgehead atoms. The Morgan fingerprint density at radius 2 is 1.86 bits per heavy atom. The molecule has 0 saturated heterocycles. The third-order valence-electron chi connectivity index (χ3n) is 6.00. The van der Waals surface area contributed by atoms with Crippen molar-refractivity contribution in [2.24, 2.45) is 5.92 Å². The highest BCUT2D eigenvalue weighted by atomic mass is 16.5. The van der Waals surface area contributed by atoms with Crippen LogP contribution in [0.1, 0.15) is 55.5 Å². The fraction of sp³-hybridized carbons (Fsp3) is 0.423. The van der Waals surface area contributed by atoms with Crippen molar-refractivity contribution in [3.05, 3.63) is 47.7 Å². The van der Waals surface area contributed by atoms with Crippen LogP contribution in [-0.2, 0) is 25.5 Å². The first-order valence-corrected chi connectivity index (χ1v) is 11.7. The van der Waals surface area contributed by atoms with Crippen LogP contribution in [0, 0.1) is 5.92 Å². The number of pyridine rings is 1. The zero-order chi connectivity index (χ0) is 25.4. The van der Waals surface area contributed by atoms with Crippen molar-refractivity contribution in [2.75, 3.05) is 18.5 Å². The van der Waals surface area contributed by atoms with Crippen LogP contribution in [0.3, 0.4) is 0 Å². The number of anilines is 1. The summed E-state index contributed by atoms with van der Waals surface area (Å²) in [6.07, 6.45) is 1.61. The van der Waals surface area contributed by atoms with Crippen molar-refractivity contribution in [1.29, 1.82) is 0 Å². The minimum absolute atomic E-state index is 0.00919. The van der Waals surface area contributed by atoms with Crippen LogP contribution in [0.2, 0.25) is 0 Å². The second-order valence-corrected chi connectivity index (χ2v) is 8.62. The second kappa shape index (κ2) is 12.1. The molecule has 9 nitrogen and oxygen atoms in total. The minimum Gasteiger partial charge on any atom is -0.507 e. The van der Waals surface area contributed by atoms with E-state index in [0.29, 0.717) is 30.1 Å². The molecule has 0 saturated carbocycles. The Labute approximate surface area is 203 Å². The number of phenols is 1. The van der Waals surface area contributed by atoms with E-state index in [2.05, 4.69) is 10.3 Å². The molecule has 0 spiro atoms. The first-order valence-electron chi connectivity index (χ1n) is 11.7. The normalized spacial score (nSPS) is 19.9. The van der Waals surface area contributed by atoms with Gasteiger partial charge in [0.1, 0.15) is 35.6 Å². The lowest BCUT2D eigenvalue weighted by atomic mass is 9.94. The monoisotopic (exact) mass is 482 g/mol. The first kappa shape index (κ1) is 25.9. The second-order valence-electron chi connectivity index (χ2n) is 8.62. The number of rotatable bonds is 5. The molecule has 3 rings (SSSR count). The number of hydrogen-bond donors (Lipinski definition) is 2. The van der Waals surface area contributed by atoms with Gasteiger partial charge in [-0.1, -0.05) is 13.0 Å². The molecular weight excluding hydrogens is 452 g/mol. The van der Waals surface area contributed by atoms with E-state index in [-0.39, 0.29) is 49.5 Å². The number of aryl methyl sites for hydroxylation is 1. The van der Waals surface area contributed by atoms with Gasteiger partial charge in [-0.25, -0.2) is 9.78 Å². The molecule has 9 heteroatoms. The summed E-state index contributed by atoms with van der Waals surface area (Å²) in [6.45, 7) is 4.20. The van der Waals surface area contributed by atoms with Crippen molar-refractivity contribution < 1.29 is 33.8 Å². The number of esters is 1. The maximum Gasteiger partial charge on any atom is 0.342 e. The van der Waals surface area contributed by atoms with Crippen LogP contribution in [0.5, 0.6) is 11.5 Å². The maximum absolute atomic E-state index is 12.9. The summed E-state index contributed by atoms with van der Waals surface area (Å²) >= 11 is 0. The van der Waals surface area contributed by atoms with E-state index in [1.54, 1.807) is 26.1 Å². The van der Waals surface area contributed by atoms with Gasteiger partial charge in [0.15, 0.2) is 0 Å². The predicted molar refractivity (Wildman–Crippen MR) is 128 cm³/mol. The lowest BCUT2D eigenvalue weighted by Gasteiger charge is -2.22. The van der Waals surface area contributed by atoms with E-state index in [0.717, 1.165) is 0 Å². The van der Waals surface area contributed by atoms with Gasteiger partial charge >= 0.3 is 5.97 Å². The van der Waals surface area contributed by atoms with Gasteiger partial charge in [-0.15, -0.1) is 0 Å². The average molecular weight is 483 g/mol. The van der Waals surface area contributed by atoms with Crippen LogP contribution in [-0.4, -0.2) is 52.7 Å². The highest BCUT2D eigenvalue weighted by Gasteiger charge is 2.27. The van der Waals surface area contributed by atoms with E-state index < -0.39 is 29.4 Å². The summed E-state index contributed by atoms with van der Waals surface area (Å²) in [7, 11) is 0. The summed E-state index contributed by atoms with van der Waals surface area (Å²) in [4.78, 5) is 53.5. The topological polar surface area (TPSA) is 132 Å². The Hall–Kier alpha value is -3.75. The zero-order valence-corrected chi connectivity index (χ0v) is 19.9. The molecule has 2 heterocycles. The molecule has 0 radical (unpaired) electrons. The minimum atomic E-state index is -0.987. The summed E-state index contributed by atoms with van der Waals surface area (Å²) in [6, 6.07) is 8.47. The number of carbonyl (C=O) groups excluding carboxylic acids is 4. The van der Waals surface area contributed by atoms with Crippen molar-refractivity contribution in [3.8, 4) is 11.5 Å². The van der Waals surface area contributed by atoms with E-state index in [1.165, 1.54) is 6.07 Å². The number of fused-ring (bicyclic) bond motifs is 1. The number of carbonyl (C=O) groups is 4. The Morgan fingerprint density at radius 3 is 2.60 bits per heavy atom. The molecule has 35 heavy (non-hydrogen) atoms. The molecule has 0 unspecified atom stereocenters. The van der Waals surface area contributed by atoms with Crippen molar-refractivity contribution >= 4 is 29.1 Å². The molecule has 1 aliphatic heterocycles. The lowest BCUT2D eigenvalue weighted by molar-refractivity contribution is -0.144. The number of cyclic esters (lactones) is 1. The smallest absolute Gasteiger partial charge is 0.342 e. The summed E-state index contributed by atoms with van der Waals surface area (Å²) in [5.74, 6) is -2.60. The number of Topliss-reactive ketones (excluding diaryl/α,β-unsaturated/α-hetero) is 3. The van der Waals surface area contributed by atoms with Crippen LogP contribution in [0.25, 0.3) is 0 Å². The van der Waals surface area contributed by atoms with Gasteiger partial charge < -0.3 is 19.9 Å². The standard InChI is InChI=1S/C26H30N2O7/c1-16-9-10-21(30)25(32)20(29)7-5-6-18-14-19(15-22(31)24(18)26(33)35-17(16)2)34-13-12-28-23-8-3-4-11-27-23/h3-4,8,11,14-17,31H,5-7,9-10,12-13H2,1-2H3,(H,27,28)/t16-,17-/m0/s1. The van der Waals surface area contributed by atoms with Crippen molar-refractivity contribution in [2.45, 2.75) is 52.1 Å². The first-order chi connectivity index (χ1) is 16.8. The molecule has 0 fully saturated rings. The number of ketones is 3. The third kappa shape index (κ3) is 7.11. The maximum atomic E-state index is 12.9. The number of aromatic nitrogens is 1. The Balaban J connectivity index is 1.78. The molecule has 1 aromatic carbocycles. The van der Waals surface area contributed by atoms with E-state index >= 15 is 0 Å². The van der Waals surface area contributed by atoms with Crippen molar-refractivity contribution in [1.82, 2.24) is 4.98 Å². The van der Waals surface area contributed by atoms with E-state index in [1.807, 2.05) is 18.2 Å². The zero-order valence-electron chi connectivity index (χ0n) is 19.9. The molecule has 2 N–H and O–H groups in total. The summed E-state index contributed by atoms with van der Waals surface area (Å²) in [5, 5.41) is 13.8. The van der Waals surface area contributed by atoms with Gasteiger partial charge in [-0.05, 0) is 55.9 Å². The number of hydrogen-bond acceptors (Lipinski definition) is 9. The van der Waals surface area contributed by atoms with E-state index in [4.69, 9.17) is 9.47 Å². The molecule has 0 amide bonds. The van der Waals surface area contributed by atoms with Crippen LogP contribution in [0.15, 0.2) is 36.5 Å². The fourth-order valence-electron chi connectivity index (χ4n) is 3.75.